The SMILES string of the molecule is CCCc1cc(N)nc(-c2ccc(C(F)(F)F)cc2)n1. The summed E-state index contributed by atoms with van der Waals surface area (Å²) in [6, 6.07) is 6.42. The van der Waals surface area contributed by atoms with Gasteiger partial charge in [-0.2, -0.15) is 13.2 Å². The molecule has 2 aromatic rings. The lowest BCUT2D eigenvalue weighted by Crippen LogP contribution is -2.05. The van der Waals surface area contributed by atoms with Crippen molar-refractivity contribution in [3.05, 3.63) is 41.6 Å². The first kappa shape index (κ1) is 14.3. The Bertz CT molecular complexity index is 592. The van der Waals surface area contributed by atoms with E-state index < -0.39 is 11.7 Å². The van der Waals surface area contributed by atoms with E-state index in [0.29, 0.717) is 17.2 Å². The summed E-state index contributed by atoms with van der Waals surface area (Å²) in [5, 5.41) is 0. The van der Waals surface area contributed by atoms with Crippen LogP contribution in [0.5, 0.6) is 0 Å². The fourth-order valence-electron chi connectivity index (χ4n) is 1.84. The summed E-state index contributed by atoms with van der Waals surface area (Å²) in [7, 11) is 0. The number of anilines is 1. The minimum absolute atomic E-state index is 0.318. The number of aromatic nitrogens is 2. The average Bonchev–Trinajstić information content (AvgIpc) is 2.37. The molecular weight excluding hydrogens is 267 g/mol. The van der Waals surface area contributed by atoms with Gasteiger partial charge in [0, 0.05) is 17.3 Å². The Hall–Kier alpha value is -2.11. The maximum atomic E-state index is 12.5. The molecule has 1 aromatic carbocycles. The summed E-state index contributed by atoms with van der Waals surface area (Å²) in [6.45, 7) is 2.01. The number of nitrogen functional groups attached to an aromatic ring is 1. The normalized spacial score (nSPS) is 11.6. The molecule has 0 aliphatic carbocycles. The van der Waals surface area contributed by atoms with Crippen LogP contribution in [-0.2, 0) is 12.6 Å². The van der Waals surface area contributed by atoms with Gasteiger partial charge in [-0.25, -0.2) is 9.97 Å². The van der Waals surface area contributed by atoms with Crippen molar-refractivity contribution in [2.75, 3.05) is 5.73 Å². The van der Waals surface area contributed by atoms with Gasteiger partial charge in [-0.1, -0.05) is 25.5 Å². The average molecular weight is 281 g/mol. The molecule has 0 amide bonds. The maximum absolute atomic E-state index is 12.5. The van der Waals surface area contributed by atoms with Crippen LogP contribution in [0.25, 0.3) is 11.4 Å². The number of halogens is 3. The third-order valence-corrected chi connectivity index (χ3v) is 2.78. The van der Waals surface area contributed by atoms with Crippen molar-refractivity contribution in [2.24, 2.45) is 0 Å². The van der Waals surface area contributed by atoms with E-state index in [4.69, 9.17) is 5.73 Å². The molecule has 106 valence electrons. The van der Waals surface area contributed by atoms with E-state index in [9.17, 15) is 13.2 Å². The highest BCUT2D eigenvalue weighted by molar-refractivity contribution is 5.57. The Labute approximate surface area is 114 Å². The third kappa shape index (κ3) is 3.26. The van der Waals surface area contributed by atoms with Crippen LogP contribution < -0.4 is 5.73 Å². The van der Waals surface area contributed by atoms with Crippen molar-refractivity contribution >= 4 is 5.82 Å². The molecule has 0 spiro atoms. The summed E-state index contributed by atoms with van der Waals surface area (Å²) in [5.41, 5.74) is 6.30. The van der Waals surface area contributed by atoms with Crippen LogP contribution in [0.3, 0.4) is 0 Å². The van der Waals surface area contributed by atoms with Gasteiger partial charge in [0.05, 0.1) is 5.56 Å². The van der Waals surface area contributed by atoms with Gasteiger partial charge in [0.25, 0.3) is 0 Å². The predicted molar refractivity (Wildman–Crippen MR) is 70.9 cm³/mol. The van der Waals surface area contributed by atoms with Crippen molar-refractivity contribution in [1.82, 2.24) is 9.97 Å². The number of nitrogens with two attached hydrogens (primary N) is 1. The fourth-order valence-corrected chi connectivity index (χ4v) is 1.84. The molecule has 2 rings (SSSR count). The van der Waals surface area contributed by atoms with Crippen molar-refractivity contribution in [3.8, 4) is 11.4 Å². The first-order valence-electron chi connectivity index (χ1n) is 6.21. The monoisotopic (exact) mass is 281 g/mol. The summed E-state index contributed by atoms with van der Waals surface area (Å²) in [4.78, 5) is 8.38. The molecule has 0 saturated heterocycles. The molecular formula is C14H14F3N3. The van der Waals surface area contributed by atoms with Crippen molar-refractivity contribution < 1.29 is 13.2 Å². The second-order valence-electron chi connectivity index (χ2n) is 4.43. The number of hydrogen-bond acceptors (Lipinski definition) is 3. The Kier molecular flexibility index (Phi) is 3.92. The van der Waals surface area contributed by atoms with Crippen molar-refractivity contribution in [2.45, 2.75) is 25.9 Å². The molecule has 0 bridgehead atoms. The highest BCUT2D eigenvalue weighted by Gasteiger charge is 2.30. The van der Waals surface area contributed by atoms with Crippen LogP contribution in [0.2, 0.25) is 0 Å². The van der Waals surface area contributed by atoms with Crippen LogP contribution in [0.4, 0.5) is 19.0 Å². The molecule has 3 nitrogen and oxygen atoms in total. The zero-order valence-corrected chi connectivity index (χ0v) is 10.9. The predicted octanol–water partition coefficient (Wildman–Crippen LogP) is 3.70. The Morgan fingerprint density at radius 1 is 1.10 bits per heavy atom. The molecule has 1 heterocycles. The van der Waals surface area contributed by atoms with Crippen LogP contribution in [0, 0.1) is 0 Å². The Balaban J connectivity index is 2.36. The highest BCUT2D eigenvalue weighted by atomic mass is 19.4. The smallest absolute Gasteiger partial charge is 0.384 e. The number of benzene rings is 1. The molecule has 1 aromatic heterocycles. The van der Waals surface area contributed by atoms with Crippen LogP contribution in [-0.4, -0.2) is 9.97 Å². The minimum atomic E-state index is -4.34. The van der Waals surface area contributed by atoms with E-state index in [0.717, 1.165) is 30.7 Å². The van der Waals surface area contributed by atoms with Gasteiger partial charge in [-0.15, -0.1) is 0 Å². The van der Waals surface area contributed by atoms with Gasteiger partial charge in [-0.05, 0) is 18.6 Å². The molecule has 6 heteroatoms. The van der Waals surface area contributed by atoms with E-state index >= 15 is 0 Å². The topological polar surface area (TPSA) is 51.8 Å². The van der Waals surface area contributed by atoms with E-state index in [1.807, 2.05) is 6.92 Å². The van der Waals surface area contributed by atoms with E-state index in [-0.39, 0.29) is 0 Å². The van der Waals surface area contributed by atoms with Crippen LogP contribution in [0.1, 0.15) is 24.6 Å². The molecule has 0 fully saturated rings. The van der Waals surface area contributed by atoms with Gasteiger partial charge in [-0.3, -0.25) is 0 Å². The zero-order chi connectivity index (χ0) is 14.8. The lowest BCUT2D eigenvalue weighted by atomic mass is 10.1. The molecule has 2 N–H and O–H groups in total. The first-order chi connectivity index (χ1) is 9.40. The van der Waals surface area contributed by atoms with Gasteiger partial charge >= 0.3 is 6.18 Å². The summed E-state index contributed by atoms with van der Waals surface area (Å²) >= 11 is 0. The number of alkyl halides is 3. The van der Waals surface area contributed by atoms with E-state index in [1.54, 1.807) is 6.07 Å². The largest absolute Gasteiger partial charge is 0.416 e. The Morgan fingerprint density at radius 2 is 1.75 bits per heavy atom. The Morgan fingerprint density at radius 3 is 2.30 bits per heavy atom. The first-order valence-corrected chi connectivity index (χ1v) is 6.21. The van der Waals surface area contributed by atoms with E-state index in [2.05, 4.69) is 9.97 Å². The molecule has 0 aliphatic heterocycles. The molecule has 0 radical (unpaired) electrons. The summed E-state index contributed by atoms with van der Waals surface area (Å²) in [6.07, 6.45) is -2.69. The highest BCUT2D eigenvalue weighted by Crippen LogP contribution is 2.30. The maximum Gasteiger partial charge on any atom is 0.416 e. The summed E-state index contributed by atoms with van der Waals surface area (Å²) < 4.78 is 37.5. The number of aryl methyl sites for hydroxylation is 1. The van der Waals surface area contributed by atoms with Gasteiger partial charge < -0.3 is 5.73 Å². The fraction of sp³-hybridized carbons (Fsp3) is 0.286. The second-order valence-corrected chi connectivity index (χ2v) is 4.43. The van der Waals surface area contributed by atoms with Gasteiger partial charge in [0.1, 0.15) is 5.82 Å². The van der Waals surface area contributed by atoms with Crippen LogP contribution >= 0.6 is 0 Å². The molecule has 0 unspecified atom stereocenters. The lowest BCUT2D eigenvalue weighted by Gasteiger charge is -2.08. The molecule has 20 heavy (non-hydrogen) atoms. The van der Waals surface area contributed by atoms with Crippen LogP contribution in [0.15, 0.2) is 30.3 Å². The zero-order valence-electron chi connectivity index (χ0n) is 10.9. The number of nitrogens with zero attached hydrogens (tertiary/aromatic N) is 2. The third-order valence-electron chi connectivity index (χ3n) is 2.78. The van der Waals surface area contributed by atoms with Gasteiger partial charge in [0.15, 0.2) is 5.82 Å². The molecule has 0 atom stereocenters. The molecule has 0 saturated carbocycles. The van der Waals surface area contributed by atoms with E-state index in [1.165, 1.54) is 12.1 Å². The standard InChI is InChI=1S/C14H14F3N3/c1-2-3-11-8-12(18)20-13(19-11)9-4-6-10(7-5-9)14(15,16)17/h4-8H,2-3H2,1H3,(H2,18,19,20). The second kappa shape index (κ2) is 5.48. The van der Waals surface area contributed by atoms with Crippen molar-refractivity contribution in [3.63, 3.8) is 0 Å². The summed E-state index contributed by atoms with van der Waals surface area (Å²) in [5.74, 6) is 0.667. The quantitative estimate of drug-likeness (QED) is 0.933. The van der Waals surface area contributed by atoms with Gasteiger partial charge in [0.2, 0.25) is 0 Å². The number of rotatable bonds is 3. The lowest BCUT2D eigenvalue weighted by molar-refractivity contribution is -0.137. The van der Waals surface area contributed by atoms with Crippen molar-refractivity contribution in [1.29, 1.82) is 0 Å². The minimum Gasteiger partial charge on any atom is -0.384 e. The molecule has 0 aliphatic rings. The number of hydrogen-bond donors (Lipinski definition) is 1.